The van der Waals surface area contributed by atoms with E-state index < -0.39 is 0 Å². The molecule has 0 fully saturated rings. The maximum atomic E-state index is 5.89. The standard InChI is InChI=1S/C14H13N3OS/c1-8-9(2)19-14-12(8)13(16-7-17-14)18-11-6-4-3-5-10(11)15/h3-7H,15H2,1-2H3. The van der Waals surface area contributed by atoms with Gasteiger partial charge in [-0.3, -0.25) is 0 Å². The molecule has 2 heterocycles. The summed E-state index contributed by atoms with van der Waals surface area (Å²) in [6.07, 6.45) is 1.52. The normalized spacial score (nSPS) is 10.8. The van der Waals surface area contributed by atoms with Gasteiger partial charge in [0, 0.05) is 4.88 Å². The number of hydrogen-bond acceptors (Lipinski definition) is 5. The van der Waals surface area contributed by atoms with Crippen LogP contribution in [0.1, 0.15) is 10.4 Å². The lowest BCUT2D eigenvalue weighted by Crippen LogP contribution is -1.94. The monoisotopic (exact) mass is 271 g/mol. The smallest absolute Gasteiger partial charge is 0.231 e. The molecule has 96 valence electrons. The number of nitrogen functional groups attached to an aromatic ring is 1. The van der Waals surface area contributed by atoms with E-state index in [9.17, 15) is 0 Å². The summed E-state index contributed by atoms with van der Waals surface area (Å²) in [4.78, 5) is 10.7. The fourth-order valence-electron chi connectivity index (χ4n) is 1.91. The molecule has 5 heteroatoms. The van der Waals surface area contributed by atoms with Crippen LogP contribution in [0.25, 0.3) is 10.2 Å². The van der Waals surface area contributed by atoms with Gasteiger partial charge in [-0.15, -0.1) is 11.3 Å². The predicted molar refractivity (Wildman–Crippen MR) is 77.8 cm³/mol. The van der Waals surface area contributed by atoms with Crippen molar-refractivity contribution >= 4 is 27.2 Å². The molecular weight excluding hydrogens is 258 g/mol. The Morgan fingerprint density at radius 2 is 1.95 bits per heavy atom. The van der Waals surface area contributed by atoms with Crippen LogP contribution < -0.4 is 10.5 Å². The van der Waals surface area contributed by atoms with Crippen molar-refractivity contribution in [1.29, 1.82) is 0 Å². The van der Waals surface area contributed by atoms with Gasteiger partial charge < -0.3 is 10.5 Å². The summed E-state index contributed by atoms with van der Waals surface area (Å²) in [7, 11) is 0. The molecule has 0 aliphatic heterocycles. The quantitative estimate of drug-likeness (QED) is 0.722. The number of nitrogens with two attached hydrogens (primary N) is 1. The molecule has 2 aromatic heterocycles. The van der Waals surface area contributed by atoms with Crippen LogP contribution >= 0.6 is 11.3 Å². The van der Waals surface area contributed by atoms with Crippen molar-refractivity contribution in [2.45, 2.75) is 13.8 Å². The van der Waals surface area contributed by atoms with E-state index in [2.05, 4.69) is 23.8 Å². The fraction of sp³-hybridized carbons (Fsp3) is 0.143. The number of rotatable bonds is 2. The van der Waals surface area contributed by atoms with E-state index in [0.717, 1.165) is 15.8 Å². The van der Waals surface area contributed by atoms with Crippen molar-refractivity contribution in [1.82, 2.24) is 9.97 Å². The van der Waals surface area contributed by atoms with Crippen LogP contribution in [0.5, 0.6) is 11.6 Å². The van der Waals surface area contributed by atoms with Gasteiger partial charge >= 0.3 is 0 Å². The lowest BCUT2D eigenvalue weighted by Gasteiger charge is -2.08. The summed E-state index contributed by atoms with van der Waals surface area (Å²) in [5.74, 6) is 1.18. The minimum atomic E-state index is 0.560. The number of benzene rings is 1. The highest BCUT2D eigenvalue weighted by Gasteiger charge is 2.14. The van der Waals surface area contributed by atoms with Crippen molar-refractivity contribution in [3.63, 3.8) is 0 Å². The van der Waals surface area contributed by atoms with Gasteiger partial charge in [0.1, 0.15) is 11.2 Å². The number of aryl methyl sites for hydroxylation is 2. The Kier molecular flexibility index (Phi) is 2.83. The largest absolute Gasteiger partial charge is 0.436 e. The molecular formula is C14H13N3OS. The minimum absolute atomic E-state index is 0.560. The van der Waals surface area contributed by atoms with Gasteiger partial charge in [-0.1, -0.05) is 12.1 Å². The second-order valence-electron chi connectivity index (χ2n) is 4.28. The van der Waals surface area contributed by atoms with Crippen molar-refractivity contribution in [2.24, 2.45) is 0 Å². The number of anilines is 1. The van der Waals surface area contributed by atoms with Gasteiger partial charge in [0.2, 0.25) is 5.88 Å². The number of hydrogen-bond donors (Lipinski definition) is 1. The first-order valence-corrected chi connectivity index (χ1v) is 6.71. The molecule has 0 atom stereocenters. The Balaban J connectivity index is 2.13. The van der Waals surface area contributed by atoms with Gasteiger partial charge in [-0.25, -0.2) is 9.97 Å². The molecule has 0 saturated heterocycles. The van der Waals surface area contributed by atoms with Crippen LogP contribution in [-0.4, -0.2) is 9.97 Å². The number of para-hydroxylation sites is 2. The lowest BCUT2D eigenvalue weighted by atomic mass is 10.2. The SMILES string of the molecule is Cc1sc2ncnc(Oc3ccccc3N)c2c1C. The van der Waals surface area contributed by atoms with E-state index in [-0.39, 0.29) is 0 Å². The fourth-order valence-corrected chi connectivity index (χ4v) is 2.89. The van der Waals surface area contributed by atoms with Crippen molar-refractivity contribution in [2.75, 3.05) is 5.73 Å². The van der Waals surface area contributed by atoms with E-state index in [1.54, 1.807) is 17.4 Å². The van der Waals surface area contributed by atoms with E-state index in [1.165, 1.54) is 11.2 Å². The van der Waals surface area contributed by atoms with E-state index >= 15 is 0 Å². The summed E-state index contributed by atoms with van der Waals surface area (Å²) in [5, 5.41) is 0.966. The summed E-state index contributed by atoms with van der Waals surface area (Å²) in [6.45, 7) is 4.13. The first kappa shape index (κ1) is 11.9. The molecule has 0 spiro atoms. The Morgan fingerprint density at radius 1 is 1.16 bits per heavy atom. The van der Waals surface area contributed by atoms with Crippen molar-refractivity contribution < 1.29 is 4.74 Å². The van der Waals surface area contributed by atoms with Gasteiger partial charge in [-0.05, 0) is 31.5 Å². The molecule has 0 amide bonds. The van der Waals surface area contributed by atoms with Gasteiger partial charge in [-0.2, -0.15) is 0 Å². The van der Waals surface area contributed by atoms with E-state index in [1.807, 2.05) is 18.2 Å². The van der Waals surface area contributed by atoms with Crippen molar-refractivity contribution in [3.8, 4) is 11.6 Å². The number of aromatic nitrogens is 2. The summed E-state index contributed by atoms with van der Waals surface area (Å²) in [6, 6.07) is 7.39. The summed E-state index contributed by atoms with van der Waals surface area (Å²) < 4.78 is 5.85. The van der Waals surface area contributed by atoms with Crippen LogP contribution in [0.15, 0.2) is 30.6 Å². The van der Waals surface area contributed by atoms with Gasteiger partial charge in [0.15, 0.2) is 5.75 Å². The number of fused-ring (bicyclic) bond motifs is 1. The molecule has 0 saturated carbocycles. The van der Waals surface area contributed by atoms with Crippen LogP contribution in [0.3, 0.4) is 0 Å². The third kappa shape index (κ3) is 2.02. The predicted octanol–water partition coefficient (Wildman–Crippen LogP) is 3.68. The van der Waals surface area contributed by atoms with Crippen molar-refractivity contribution in [3.05, 3.63) is 41.0 Å². The second kappa shape index (κ2) is 4.51. The zero-order valence-electron chi connectivity index (χ0n) is 10.7. The molecule has 4 nitrogen and oxygen atoms in total. The van der Waals surface area contributed by atoms with Gasteiger partial charge in [0.05, 0.1) is 11.1 Å². The maximum Gasteiger partial charge on any atom is 0.231 e. The maximum absolute atomic E-state index is 5.89. The van der Waals surface area contributed by atoms with E-state index in [4.69, 9.17) is 10.5 Å². The molecule has 3 rings (SSSR count). The third-order valence-corrected chi connectivity index (χ3v) is 4.17. The highest BCUT2D eigenvalue weighted by atomic mass is 32.1. The molecule has 0 aliphatic rings. The van der Waals surface area contributed by atoms with Crippen LogP contribution in [0.2, 0.25) is 0 Å². The van der Waals surface area contributed by atoms with Crippen LogP contribution in [-0.2, 0) is 0 Å². The molecule has 19 heavy (non-hydrogen) atoms. The molecule has 0 bridgehead atoms. The topological polar surface area (TPSA) is 61.0 Å². The van der Waals surface area contributed by atoms with Crippen LogP contribution in [0.4, 0.5) is 5.69 Å². The number of ether oxygens (including phenoxy) is 1. The molecule has 3 aromatic rings. The molecule has 0 radical (unpaired) electrons. The molecule has 2 N–H and O–H groups in total. The van der Waals surface area contributed by atoms with Crippen LogP contribution in [0, 0.1) is 13.8 Å². The third-order valence-electron chi connectivity index (χ3n) is 3.06. The molecule has 1 aromatic carbocycles. The molecule has 0 unspecified atom stereocenters. The average molecular weight is 271 g/mol. The second-order valence-corrected chi connectivity index (χ2v) is 5.49. The highest BCUT2D eigenvalue weighted by molar-refractivity contribution is 7.18. The Bertz CT molecular complexity index is 752. The minimum Gasteiger partial charge on any atom is -0.436 e. The number of nitrogens with zero attached hydrogens (tertiary/aromatic N) is 2. The molecule has 0 aliphatic carbocycles. The number of thiophene rings is 1. The first-order valence-electron chi connectivity index (χ1n) is 5.90. The first-order chi connectivity index (χ1) is 9.16. The zero-order chi connectivity index (χ0) is 13.4. The van der Waals surface area contributed by atoms with Gasteiger partial charge in [0.25, 0.3) is 0 Å². The zero-order valence-corrected chi connectivity index (χ0v) is 11.5. The summed E-state index contributed by atoms with van der Waals surface area (Å²) in [5.41, 5.74) is 7.64. The average Bonchev–Trinajstić information content (AvgIpc) is 2.69. The Labute approximate surface area is 114 Å². The highest BCUT2D eigenvalue weighted by Crippen LogP contribution is 2.36. The Morgan fingerprint density at radius 3 is 2.74 bits per heavy atom. The lowest BCUT2D eigenvalue weighted by molar-refractivity contribution is 0.470. The van der Waals surface area contributed by atoms with E-state index in [0.29, 0.717) is 17.3 Å². The Hall–Kier alpha value is -2.14. The summed E-state index contributed by atoms with van der Waals surface area (Å²) >= 11 is 1.65.